The first kappa shape index (κ1) is 27.6. The van der Waals surface area contributed by atoms with Crippen LogP contribution in [0, 0.1) is 0 Å². The molecule has 0 fully saturated rings. The first-order valence-corrected chi connectivity index (χ1v) is 15.7. The molecule has 0 aliphatic carbocycles. The van der Waals surface area contributed by atoms with Crippen molar-refractivity contribution < 1.29 is 9.59 Å². The third-order valence-corrected chi connectivity index (χ3v) is 9.14. The van der Waals surface area contributed by atoms with E-state index in [0.29, 0.717) is 22.5 Å². The highest BCUT2D eigenvalue weighted by atomic mass is 16.2. The Labute approximate surface area is 276 Å². The van der Waals surface area contributed by atoms with Crippen LogP contribution in [0.5, 0.6) is 0 Å². The van der Waals surface area contributed by atoms with E-state index < -0.39 is 0 Å². The number of rotatable bonds is 5. The van der Waals surface area contributed by atoms with Crippen LogP contribution in [0.15, 0.2) is 158 Å². The summed E-state index contributed by atoms with van der Waals surface area (Å²) in [7, 11) is 0. The van der Waals surface area contributed by atoms with Crippen molar-refractivity contribution in [2.24, 2.45) is 0 Å². The molecule has 5 aromatic carbocycles. The molecule has 1 aliphatic heterocycles. The monoisotopic (exact) mass is 618 g/mol. The molecule has 6 nitrogen and oxygen atoms in total. The SMILES string of the molecule is O=C1c2cccc(-n3c4cc(-c5ccncc5)ccc4c4ccc(-c5ccncc5)cc43)c2C(=O)N1c1cccc(-c2ccccc2)c1. The van der Waals surface area contributed by atoms with Gasteiger partial charge in [0.05, 0.1) is 33.5 Å². The Bertz CT molecular complexity index is 2440. The number of carbonyl (C=O) groups is 2. The topological polar surface area (TPSA) is 68.1 Å². The molecule has 0 bridgehead atoms. The van der Waals surface area contributed by atoms with Crippen LogP contribution in [0.4, 0.5) is 5.69 Å². The molecular formula is C42H26N4O2. The molecule has 0 atom stereocenters. The molecule has 1 aliphatic rings. The average Bonchev–Trinajstić information content (AvgIpc) is 3.62. The summed E-state index contributed by atoms with van der Waals surface area (Å²) < 4.78 is 2.13. The van der Waals surface area contributed by atoms with E-state index in [0.717, 1.165) is 55.2 Å². The van der Waals surface area contributed by atoms with Crippen molar-refractivity contribution in [3.05, 3.63) is 169 Å². The van der Waals surface area contributed by atoms with E-state index in [1.165, 1.54) is 4.90 Å². The van der Waals surface area contributed by atoms with Gasteiger partial charge < -0.3 is 4.57 Å². The molecule has 6 heteroatoms. The third-order valence-electron chi connectivity index (χ3n) is 9.14. The average molecular weight is 619 g/mol. The van der Waals surface area contributed by atoms with Crippen molar-refractivity contribution in [1.82, 2.24) is 14.5 Å². The molecule has 0 unspecified atom stereocenters. The summed E-state index contributed by atoms with van der Waals surface area (Å²) in [6.07, 6.45) is 7.13. The maximum Gasteiger partial charge on any atom is 0.268 e. The highest BCUT2D eigenvalue weighted by Crippen LogP contribution is 2.40. The minimum absolute atomic E-state index is 0.335. The first-order valence-electron chi connectivity index (χ1n) is 15.7. The predicted molar refractivity (Wildman–Crippen MR) is 190 cm³/mol. The molecule has 226 valence electrons. The van der Waals surface area contributed by atoms with Gasteiger partial charge in [0.1, 0.15) is 0 Å². The van der Waals surface area contributed by atoms with E-state index >= 15 is 0 Å². The molecule has 2 amide bonds. The number of hydrogen-bond donors (Lipinski definition) is 0. The van der Waals surface area contributed by atoms with E-state index in [1.54, 1.807) is 30.9 Å². The number of amides is 2. The van der Waals surface area contributed by atoms with Gasteiger partial charge in [-0.15, -0.1) is 0 Å². The minimum atomic E-state index is -0.346. The summed E-state index contributed by atoms with van der Waals surface area (Å²) in [6, 6.07) is 43.8. The van der Waals surface area contributed by atoms with Crippen molar-refractivity contribution in [1.29, 1.82) is 0 Å². The van der Waals surface area contributed by atoms with Crippen LogP contribution in [-0.2, 0) is 0 Å². The third kappa shape index (κ3) is 4.35. The molecule has 0 N–H and O–H groups in total. The smallest absolute Gasteiger partial charge is 0.268 e. The molecule has 0 saturated heterocycles. The zero-order valence-corrected chi connectivity index (χ0v) is 25.6. The number of aromatic nitrogens is 3. The molecule has 0 radical (unpaired) electrons. The summed E-state index contributed by atoms with van der Waals surface area (Å²) in [5.74, 6) is -0.681. The van der Waals surface area contributed by atoms with Gasteiger partial charge >= 0.3 is 0 Å². The second-order valence-electron chi connectivity index (χ2n) is 11.8. The standard InChI is InChI=1S/C42H26N4O2/c47-41-36-10-5-11-37(40(36)42(48)45(41)33-9-4-8-30(24-33)27-6-2-1-3-7-27)46-38-25-31(28-16-20-43-21-17-28)12-14-34(38)35-15-13-32(26-39(35)46)29-18-22-44-23-19-29/h1-26H. The molecule has 0 spiro atoms. The van der Waals surface area contributed by atoms with Crippen LogP contribution in [0.25, 0.3) is 60.9 Å². The highest BCUT2D eigenvalue weighted by Gasteiger charge is 2.39. The lowest BCUT2D eigenvalue weighted by Gasteiger charge is -2.16. The number of imide groups is 1. The van der Waals surface area contributed by atoms with E-state index in [2.05, 4.69) is 50.9 Å². The van der Waals surface area contributed by atoms with Crippen LogP contribution in [0.2, 0.25) is 0 Å². The molecule has 8 aromatic rings. The van der Waals surface area contributed by atoms with Crippen molar-refractivity contribution in [3.63, 3.8) is 0 Å². The van der Waals surface area contributed by atoms with E-state index in [-0.39, 0.29) is 11.8 Å². The summed E-state index contributed by atoms with van der Waals surface area (Å²) in [4.78, 5) is 38.3. The number of nitrogens with zero attached hydrogens (tertiary/aromatic N) is 4. The number of pyridine rings is 2. The van der Waals surface area contributed by atoms with Gasteiger partial charge in [0, 0.05) is 35.6 Å². The molecular weight excluding hydrogens is 592 g/mol. The number of benzene rings is 5. The predicted octanol–water partition coefficient (Wildman–Crippen LogP) is 9.38. The summed E-state index contributed by atoms with van der Waals surface area (Å²) >= 11 is 0. The van der Waals surface area contributed by atoms with Gasteiger partial charge in [-0.2, -0.15) is 0 Å². The molecule has 3 aromatic heterocycles. The Hall–Kier alpha value is -6.66. The lowest BCUT2D eigenvalue weighted by molar-refractivity contribution is 0.0926. The lowest BCUT2D eigenvalue weighted by Crippen LogP contribution is -2.29. The normalized spacial score (nSPS) is 12.6. The molecule has 0 saturated carbocycles. The van der Waals surface area contributed by atoms with Crippen molar-refractivity contribution in [2.45, 2.75) is 0 Å². The maximum absolute atomic E-state index is 14.5. The van der Waals surface area contributed by atoms with Gasteiger partial charge in [-0.05, 0) is 94.0 Å². The quantitative estimate of drug-likeness (QED) is 0.180. The summed E-state index contributed by atoms with van der Waals surface area (Å²) in [6.45, 7) is 0. The zero-order valence-electron chi connectivity index (χ0n) is 25.6. The zero-order chi connectivity index (χ0) is 32.2. The maximum atomic E-state index is 14.5. The fourth-order valence-electron chi connectivity index (χ4n) is 6.87. The van der Waals surface area contributed by atoms with Crippen LogP contribution >= 0.6 is 0 Å². The Morgan fingerprint density at radius 3 is 1.60 bits per heavy atom. The van der Waals surface area contributed by atoms with Gasteiger partial charge in [0.2, 0.25) is 0 Å². The van der Waals surface area contributed by atoms with Crippen molar-refractivity contribution in [2.75, 3.05) is 4.90 Å². The van der Waals surface area contributed by atoms with Gasteiger partial charge in [0.15, 0.2) is 0 Å². The van der Waals surface area contributed by atoms with Crippen LogP contribution in [0.3, 0.4) is 0 Å². The number of anilines is 1. The van der Waals surface area contributed by atoms with Gasteiger partial charge in [-0.1, -0.05) is 72.8 Å². The van der Waals surface area contributed by atoms with Gasteiger partial charge in [-0.25, -0.2) is 4.90 Å². The summed E-state index contributed by atoms with van der Waals surface area (Å²) in [5, 5.41) is 2.09. The fraction of sp³-hybridized carbons (Fsp3) is 0. The molecule has 9 rings (SSSR count). The van der Waals surface area contributed by atoms with Gasteiger partial charge in [0.25, 0.3) is 11.8 Å². The molecule has 4 heterocycles. The number of hydrogen-bond acceptors (Lipinski definition) is 4. The Morgan fingerprint density at radius 2 is 0.979 bits per heavy atom. The lowest BCUT2D eigenvalue weighted by atomic mass is 10.0. The van der Waals surface area contributed by atoms with Gasteiger partial charge in [-0.3, -0.25) is 19.6 Å². The second-order valence-corrected chi connectivity index (χ2v) is 11.8. The highest BCUT2D eigenvalue weighted by molar-refractivity contribution is 6.36. The fourth-order valence-corrected chi connectivity index (χ4v) is 6.87. The van der Waals surface area contributed by atoms with E-state index in [1.807, 2.05) is 91.0 Å². The Balaban J connectivity index is 1.27. The Morgan fingerprint density at radius 1 is 0.438 bits per heavy atom. The Kier molecular flexibility index (Phi) is 6.33. The first-order chi connectivity index (χ1) is 23.7. The number of fused-ring (bicyclic) bond motifs is 4. The largest absolute Gasteiger partial charge is 0.308 e. The van der Waals surface area contributed by atoms with Crippen LogP contribution < -0.4 is 4.90 Å². The number of carbonyl (C=O) groups excluding carboxylic acids is 2. The summed E-state index contributed by atoms with van der Waals surface area (Å²) in [5.41, 5.74) is 9.90. The van der Waals surface area contributed by atoms with E-state index in [4.69, 9.17) is 0 Å². The van der Waals surface area contributed by atoms with Crippen molar-refractivity contribution in [3.8, 4) is 39.1 Å². The second kappa shape index (κ2) is 11.0. The van der Waals surface area contributed by atoms with Crippen LogP contribution in [0.1, 0.15) is 20.7 Å². The molecule has 48 heavy (non-hydrogen) atoms. The minimum Gasteiger partial charge on any atom is -0.308 e. The van der Waals surface area contributed by atoms with Crippen molar-refractivity contribution >= 4 is 39.3 Å². The van der Waals surface area contributed by atoms with Crippen LogP contribution in [-0.4, -0.2) is 26.3 Å². The van der Waals surface area contributed by atoms with E-state index in [9.17, 15) is 9.59 Å².